The maximum Gasteiger partial charge on any atom is 0.257 e. The molecule has 2 fully saturated rings. The first-order valence-corrected chi connectivity index (χ1v) is 11.0. The van der Waals surface area contributed by atoms with Crippen LogP contribution in [0.5, 0.6) is 0 Å². The van der Waals surface area contributed by atoms with E-state index in [-0.39, 0.29) is 36.6 Å². The van der Waals surface area contributed by atoms with Crippen LogP contribution in [0.2, 0.25) is 0 Å². The highest BCUT2D eigenvalue weighted by Crippen LogP contribution is 2.31. The van der Waals surface area contributed by atoms with Gasteiger partial charge in [0.05, 0.1) is 24.9 Å². The minimum atomic E-state index is -0.864. The second kappa shape index (κ2) is 9.38. The molecule has 8 heteroatoms. The number of hydrogen-bond donors (Lipinski definition) is 1. The van der Waals surface area contributed by atoms with Crippen LogP contribution in [0.25, 0.3) is 0 Å². The Kier molecular flexibility index (Phi) is 6.39. The lowest BCUT2D eigenvalue weighted by molar-refractivity contribution is -0.143. The lowest BCUT2D eigenvalue weighted by Gasteiger charge is -2.32. The molecule has 2 aliphatic rings. The molecule has 1 aromatic heterocycles. The van der Waals surface area contributed by atoms with Gasteiger partial charge < -0.3 is 14.6 Å². The number of hydrogen-bond acceptors (Lipinski definition) is 5. The molecule has 8 nitrogen and oxygen atoms in total. The average Bonchev–Trinajstić information content (AvgIpc) is 3.40. The highest BCUT2D eigenvalue weighted by atomic mass is 16.3. The van der Waals surface area contributed by atoms with Gasteiger partial charge in [-0.1, -0.05) is 19.3 Å². The van der Waals surface area contributed by atoms with E-state index in [1.807, 2.05) is 0 Å². The molecule has 1 N–H and O–H groups in total. The molecule has 0 spiro atoms. The van der Waals surface area contributed by atoms with E-state index in [1.54, 1.807) is 36.4 Å². The van der Waals surface area contributed by atoms with Crippen LogP contribution in [0.3, 0.4) is 0 Å². The zero-order valence-electron chi connectivity index (χ0n) is 18.1. The number of carbonyl (C=O) groups excluding carboxylic acids is 4. The average molecular weight is 437 g/mol. The maximum atomic E-state index is 13.4. The van der Waals surface area contributed by atoms with Gasteiger partial charge in [-0.3, -0.25) is 19.2 Å². The highest BCUT2D eigenvalue weighted by molar-refractivity contribution is 6.23. The number of rotatable bonds is 6. The third-order valence-electron chi connectivity index (χ3n) is 6.09. The molecule has 1 atom stereocenters. The van der Waals surface area contributed by atoms with Crippen molar-refractivity contribution in [2.45, 2.75) is 58.0 Å². The van der Waals surface area contributed by atoms with Gasteiger partial charge in [-0.15, -0.1) is 0 Å². The summed E-state index contributed by atoms with van der Waals surface area (Å²) in [5.41, 5.74) is 0.989. The van der Waals surface area contributed by atoms with Gasteiger partial charge in [0, 0.05) is 18.5 Å². The predicted molar refractivity (Wildman–Crippen MR) is 117 cm³/mol. The van der Waals surface area contributed by atoms with E-state index in [1.165, 1.54) is 18.1 Å². The summed E-state index contributed by atoms with van der Waals surface area (Å²) < 4.78 is 5.44. The summed E-state index contributed by atoms with van der Waals surface area (Å²) in [6.07, 6.45) is 6.18. The van der Waals surface area contributed by atoms with Gasteiger partial charge >= 0.3 is 0 Å². The first-order chi connectivity index (χ1) is 15.4. The number of furan rings is 1. The summed E-state index contributed by atoms with van der Waals surface area (Å²) >= 11 is 0. The molecule has 2 heterocycles. The van der Waals surface area contributed by atoms with Crippen molar-refractivity contribution in [2.75, 3.05) is 10.2 Å². The maximum absolute atomic E-state index is 13.4. The van der Waals surface area contributed by atoms with Gasteiger partial charge in [0.15, 0.2) is 0 Å². The zero-order valence-corrected chi connectivity index (χ0v) is 18.1. The summed E-state index contributed by atoms with van der Waals surface area (Å²) in [5.74, 6) is -0.623. The first-order valence-electron chi connectivity index (χ1n) is 11.0. The standard InChI is InChI=1S/C24H27N3O5/c1-16(28)25-18-9-11-19(12-10-18)27-22(29)14-21(24(27)31)26(15-20-8-5-13-32-20)23(30)17-6-3-2-4-7-17/h5,8-13,17,21H,2-4,6-7,14-15H2,1H3,(H,25,28). The number of amides is 4. The summed E-state index contributed by atoms with van der Waals surface area (Å²) in [7, 11) is 0. The van der Waals surface area contributed by atoms with Crippen molar-refractivity contribution in [3.63, 3.8) is 0 Å². The van der Waals surface area contributed by atoms with Crippen LogP contribution in [0.1, 0.15) is 51.2 Å². The molecule has 0 bridgehead atoms. The molecule has 4 rings (SSSR count). The van der Waals surface area contributed by atoms with E-state index in [0.29, 0.717) is 17.1 Å². The Morgan fingerprint density at radius 3 is 2.44 bits per heavy atom. The lowest BCUT2D eigenvalue weighted by atomic mass is 9.88. The SMILES string of the molecule is CC(=O)Nc1ccc(N2C(=O)CC(N(Cc3ccco3)C(=O)C3CCCCC3)C2=O)cc1. The summed E-state index contributed by atoms with van der Waals surface area (Å²) in [6, 6.07) is 9.14. The van der Waals surface area contributed by atoms with Crippen LogP contribution in [0, 0.1) is 5.92 Å². The fraction of sp³-hybridized carbons (Fsp3) is 0.417. The van der Waals surface area contributed by atoms with Crippen molar-refractivity contribution in [2.24, 2.45) is 5.92 Å². The minimum Gasteiger partial charge on any atom is -0.467 e. The molecule has 1 aliphatic carbocycles. The molecule has 32 heavy (non-hydrogen) atoms. The van der Waals surface area contributed by atoms with Crippen LogP contribution >= 0.6 is 0 Å². The second-order valence-corrected chi connectivity index (χ2v) is 8.40. The van der Waals surface area contributed by atoms with Crippen LogP contribution < -0.4 is 10.2 Å². The molecular formula is C24H27N3O5. The number of benzene rings is 1. The van der Waals surface area contributed by atoms with Crippen LogP contribution in [-0.4, -0.2) is 34.6 Å². The number of nitrogens with zero attached hydrogens (tertiary/aromatic N) is 2. The van der Waals surface area contributed by atoms with Crippen molar-refractivity contribution in [1.29, 1.82) is 0 Å². The molecule has 1 aliphatic heterocycles. The van der Waals surface area contributed by atoms with Crippen molar-refractivity contribution in [1.82, 2.24) is 4.90 Å². The third kappa shape index (κ3) is 4.59. The van der Waals surface area contributed by atoms with Crippen LogP contribution in [-0.2, 0) is 25.7 Å². The van der Waals surface area contributed by atoms with Gasteiger partial charge in [0.1, 0.15) is 11.8 Å². The number of anilines is 2. The fourth-order valence-electron chi connectivity index (χ4n) is 4.52. The highest BCUT2D eigenvalue weighted by Gasteiger charge is 2.45. The number of imide groups is 1. The topological polar surface area (TPSA) is 99.9 Å². The van der Waals surface area contributed by atoms with Crippen LogP contribution in [0.15, 0.2) is 47.1 Å². The van der Waals surface area contributed by atoms with Gasteiger partial charge in [-0.05, 0) is 49.2 Å². The Balaban J connectivity index is 1.57. The van der Waals surface area contributed by atoms with E-state index in [0.717, 1.165) is 37.0 Å². The molecule has 1 saturated carbocycles. The minimum absolute atomic E-state index is 0.0640. The summed E-state index contributed by atoms with van der Waals surface area (Å²) in [4.78, 5) is 53.5. The molecule has 0 radical (unpaired) electrons. The molecule has 2 aromatic rings. The van der Waals surface area contributed by atoms with Crippen molar-refractivity contribution in [3.05, 3.63) is 48.4 Å². The summed E-state index contributed by atoms with van der Waals surface area (Å²) in [6.45, 7) is 1.56. The second-order valence-electron chi connectivity index (χ2n) is 8.40. The van der Waals surface area contributed by atoms with Crippen molar-refractivity contribution < 1.29 is 23.6 Å². The van der Waals surface area contributed by atoms with Gasteiger partial charge in [0.25, 0.3) is 5.91 Å². The lowest BCUT2D eigenvalue weighted by Crippen LogP contribution is -2.47. The largest absolute Gasteiger partial charge is 0.467 e. The number of nitrogens with one attached hydrogen (secondary N) is 1. The van der Waals surface area contributed by atoms with Gasteiger partial charge in [0.2, 0.25) is 17.7 Å². The molecule has 1 unspecified atom stereocenters. The molecule has 168 valence electrons. The quantitative estimate of drug-likeness (QED) is 0.698. The molecule has 1 saturated heterocycles. The number of carbonyl (C=O) groups is 4. The zero-order chi connectivity index (χ0) is 22.7. The fourth-order valence-corrected chi connectivity index (χ4v) is 4.52. The van der Waals surface area contributed by atoms with Crippen LogP contribution in [0.4, 0.5) is 11.4 Å². The molecule has 1 aromatic carbocycles. The van der Waals surface area contributed by atoms with Crippen molar-refractivity contribution in [3.8, 4) is 0 Å². The van der Waals surface area contributed by atoms with E-state index >= 15 is 0 Å². The van der Waals surface area contributed by atoms with Gasteiger partial charge in [-0.2, -0.15) is 0 Å². The van der Waals surface area contributed by atoms with E-state index < -0.39 is 11.9 Å². The van der Waals surface area contributed by atoms with Crippen molar-refractivity contribution >= 4 is 35.0 Å². The Bertz CT molecular complexity index is 993. The Hall–Kier alpha value is -3.42. The Morgan fingerprint density at radius 2 is 1.81 bits per heavy atom. The first kappa shape index (κ1) is 21.8. The van der Waals surface area contributed by atoms with Gasteiger partial charge in [-0.25, -0.2) is 4.90 Å². The smallest absolute Gasteiger partial charge is 0.257 e. The van der Waals surface area contributed by atoms with E-state index in [2.05, 4.69) is 5.32 Å². The Labute approximate surface area is 186 Å². The monoisotopic (exact) mass is 437 g/mol. The predicted octanol–water partition coefficient (Wildman–Crippen LogP) is 3.48. The Morgan fingerprint density at radius 1 is 1.09 bits per heavy atom. The van der Waals surface area contributed by atoms with E-state index in [9.17, 15) is 19.2 Å². The molecular weight excluding hydrogens is 410 g/mol. The summed E-state index contributed by atoms with van der Waals surface area (Å²) in [5, 5.41) is 2.66. The molecule has 4 amide bonds. The van der Waals surface area contributed by atoms with E-state index in [4.69, 9.17) is 4.42 Å². The normalized spacial score (nSPS) is 19.3. The third-order valence-corrected chi connectivity index (χ3v) is 6.09.